The molecule has 0 unspecified atom stereocenters. The first kappa shape index (κ1) is 20.2. The molecule has 0 saturated heterocycles. The van der Waals surface area contributed by atoms with Crippen molar-refractivity contribution >= 4 is 23.3 Å². The van der Waals surface area contributed by atoms with Crippen molar-refractivity contribution in [2.45, 2.75) is 33.1 Å². The van der Waals surface area contributed by atoms with Crippen LogP contribution in [0.4, 0.5) is 5.69 Å². The highest BCUT2D eigenvalue weighted by Crippen LogP contribution is 2.26. The third kappa shape index (κ3) is 5.95. The van der Waals surface area contributed by atoms with Gasteiger partial charge in [0.1, 0.15) is 5.75 Å². The van der Waals surface area contributed by atoms with Crippen molar-refractivity contribution in [2.75, 3.05) is 11.9 Å². The predicted octanol–water partition coefficient (Wildman–Crippen LogP) is 4.08. The molecule has 0 aliphatic carbocycles. The van der Waals surface area contributed by atoms with Crippen LogP contribution >= 0.6 is 0 Å². The van der Waals surface area contributed by atoms with E-state index in [1.807, 2.05) is 26.0 Å². The summed E-state index contributed by atoms with van der Waals surface area (Å²) in [6, 6.07) is 11.5. The molecule has 6 nitrogen and oxygen atoms in total. The Bertz CT molecular complexity index is 827. The molecule has 2 aromatic carbocycles. The number of rotatable bonds is 9. The van der Waals surface area contributed by atoms with E-state index < -0.39 is 5.97 Å². The number of carbonyl (C=O) groups is 3. The van der Waals surface area contributed by atoms with Crippen LogP contribution in [0.1, 0.15) is 52.5 Å². The van der Waals surface area contributed by atoms with Crippen molar-refractivity contribution < 1.29 is 24.2 Å². The Labute approximate surface area is 158 Å². The Balaban J connectivity index is 2.02. The molecule has 6 heteroatoms. The second kappa shape index (κ2) is 9.52. The van der Waals surface area contributed by atoms with Gasteiger partial charge in [-0.15, -0.1) is 0 Å². The minimum atomic E-state index is -1.10. The molecule has 0 spiro atoms. The van der Waals surface area contributed by atoms with Gasteiger partial charge in [0, 0.05) is 18.4 Å². The van der Waals surface area contributed by atoms with Crippen LogP contribution < -0.4 is 10.1 Å². The highest BCUT2D eigenvalue weighted by Gasteiger charge is 2.14. The van der Waals surface area contributed by atoms with Gasteiger partial charge in [-0.25, -0.2) is 4.79 Å². The van der Waals surface area contributed by atoms with Crippen LogP contribution in [0.2, 0.25) is 0 Å². The monoisotopic (exact) mass is 369 g/mol. The minimum Gasteiger partial charge on any atom is -0.491 e. The van der Waals surface area contributed by atoms with E-state index in [0.717, 1.165) is 12.0 Å². The number of ketones is 1. The Morgan fingerprint density at radius 2 is 1.67 bits per heavy atom. The van der Waals surface area contributed by atoms with Gasteiger partial charge < -0.3 is 15.2 Å². The highest BCUT2D eigenvalue weighted by atomic mass is 16.5. The van der Waals surface area contributed by atoms with E-state index in [9.17, 15) is 14.4 Å². The molecule has 2 rings (SSSR count). The van der Waals surface area contributed by atoms with Gasteiger partial charge in [-0.3, -0.25) is 9.59 Å². The van der Waals surface area contributed by atoms with Crippen LogP contribution in [0.25, 0.3) is 0 Å². The number of carboxylic acid groups (broad SMARTS) is 1. The summed E-state index contributed by atoms with van der Waals surface area (Å²) in [5.74, 6) is -1.19. The average Bonchev–Trinajstić information content (AvgIpc) is 2.65. The quantitative estimate of drug-likeness (QED) is 0.650. The Morgan fingerprint density at radius 3 is 2.30 bits per heavy atom. The number of hydrogen-bond donors (Lipinski definition) is 2. The molecule has 0 fully saturated rings. The topological polar surface area (TPSA) is 92.7 Å². The number of carboxylic acids is 1. The fourth-order valence-electron chi connectivity index (χ4n) is 2.42. The lowest BCUT2D eigenvalue weighted by atomic mass is 10.0. The molecule has 0 aliphatic heterocycles. The van der Waals surface area contributed by atoms with E-state index >= 15 is 0 Å². The smallest absolute Gasteiger partial charge is 0.335 e. The normalized spacial score (nSPS) is 10.3. The summed E-state index contributed by atoms with van der Waals surface area (Å²) in [5, 5.41) is 11.8. The fraction of sp³-hybridized carbons (Fsp3) is 0.286. The van der Waals surface area contributed by atoms with Crippen molar-refractivity contribution in [3.05, 3.63) is 59.2 Å². The molecule has 0 atom stereocenters. The molecule has 1 amide bonds. The number of aromatic carboxylic acids is 1. The van der Waals surface area contributed by atoms with E-state index in [2.05, 4.69) is 5.32 Å². The molecule has 142 valence electrons. The molecule has 0 heterocycles. The molecule has 0 aliphatic rings. The summed E-state index contributed by atoms with van der Waals surface area (Å²) in [5.41, 5.74) is 1.96. The maximum Gasteiger partial charge on any atom is 0.335 e. The number of benzene rings is 2. The number of aryl methyl sites for hydroxylation is 1. The SMILES string of the molecule is CCCOc1ccc(C(=O)O)cc1NC(=O)CCC(=O)c1ccc(C)cc1. The summed E-state index contributed by atoms with van der Waals surface area (Å²) in [6.45, 7) is 4.33. The minimum absolute atomic E-state index is 0.00275. The zero-order valence-corrected chi connectivity index (χ0v) is 15.5. The second-order valence-electron chi connectivity index (χ2n) is 6.20. The standard InChI is InChI=1S/C21H23NO5/c1-3-12-27-19-10-8-16(21(25)26)13-17(19)22-20(24)11-9-18(23)15-6-4-14(2)5-7-15/h4-8,10,13H,3,9,11-12H2,1-2H3,(H,22,24)(H,25,26). The Hall–Kier alpha value is -3.15. The summed E-state index contributed by atoms with van der Waals surface area (Å²) in [7, 11) is 0. The summed E-state index contributed by atoms with van der Waals surface area (Å²) < 4.78 is 5.55. The first-order valence-electron chi connectivity index (χ1n) is 8.80. The van der Waals surface area contributed by atoms with Crippen molar-refractivity contribution in [1.82, 2.24) is 0 Å². The highest BCUT2D eigenvalue weighted by molar-refractivity contribution is 6.01. The zero-order chi connectivity index (χ0) is 19.8. The van der Waals surface area contributed by atoms with Gasteiger partial charge in [0.25, 0.3) is 0 Å². The van der Waals surface area contributed by atoms with E-state index in [1.54, 1.807) is 12.1 Å². The van der Waals surface area contributed by atoms with E-state index in [0.29, 0.717) is 17.9 Å². The first-order chi connectivity index (χ1) is 12.9. The van der Waals surface area contributed by atoms with Gasteiger partial charge in [-0.05, 0) is 31.5 Å². The van der Waals surface area contributed by atoms with Crippen LogP contribution in [0.15, 0.2) is 42.5 Å². The van der Waals surface area contributed by atoms with Gasteiger partial charge in [0.05, 0.1) is 17.9 Å². The molecule has 0 aromatic heterocycles. The number of Topliss-reactive ketones (excluding diaryl/α,β-unsaturated/α-hetero) is 1. The van der Waals surface area contributed by atoms with Crippen molar-refractivity contribution in [2.24, 2.45) is 0 Å². The lowest BCUT2D eigenvalue weighted by molar-refractivity contribution is -0.116. The van der Waals surface area contributed by atoms with Crippen LogP contribution in [-0.2, 0) is 4.79 Å². The Kier molecular flexibility index (Phi) is 7.11. The van der Waals surface area contributed by atoms with Gasteiger partial charge >= 0.3 is 5.97 Å². The molecule has 2 N–H and O–H groups in total. The molecular formula is C21H23NO5. The number of hydrogen-bond acceptors (Lipinski definition) is 4. The van der Waals surface area contributed by atoms with Gasteiger partial charge in [-0.2, -0.15) is 0 Å². The number of nitrogens with one attached hydrogen (secondary N) is 1. The van der Waals surface area contributed by atoms with Gasteiger partial charge in [0.15, 0.2) is 5.78 Å². The maximum absolute atomic E-state index is 12.2. The average molecular weight is 369 g/mol. The van der Waals surface area contributed by atoms with Crippen molar-refractivity contribution in [1.29, 1.82) is 0 Å². The van der Waals surface area contributed by atoms with Crippen LogP contribution in [0.5, 0.6) is 5.75 Å². The lowest BCUT2D eigenvalue weighted by Crippen LogP contribution is -2.15. The molecule has 0 saturated carbocycles. The van der Waals surface area contributed by atoms with Gasteiger partial charge in [0.2, 0.25) is 5.91 Å². The van der Waals surface area contributed by atoms with Crippen molar-refractivity contribution in [3.8, 4) is 5.75 Å². The van der Waals surface area contributed by atoms with Crippen LogP contribution in [0.3, 0.4) is 0 Å². The van der Waals surface area contributed by atoms with E-state index in [1.165, 1.54) is 18.2 Å². The first-order valence-corrected chi connectivity index (χ1v) is 8.80. The summed E-state index contributed by atoms with van der Waals surface area (Å²) >= 11 is 0. The van der Waals surface area contributed by atoms with E-state index in [-0.39, 0.29) is 35.8 Å². The zero-order valence-electron chi connectivity index (χ0n) is 15.5. The number of anilines is 1. The number of carbonyl (C=O) groups excluding carboxylic acids is 2. The van der Waals surface area contributed by atoms with E-state index in [4.69, 9.17) is 9.84 Å². The molecule has 2 aromatic rings. The Morgan fingerprint density at radius 1 is 1.00 bits per heavy atom. The van der Waals surface area contributed by atoms with Crippen LogP contribution in [-0.4, -0.2) is 29.4 Å². The van der Waals surface area contributed by atoms with Gasteiger partial charge in [-0.1, -0.05) is 36.8 Å². The summed E-state index contributed by atoms with van der Waals surface area (Å²) in [4.78, 5) is 35.6. The predicted molar refractivity (Wildman–Crippen MR) is 103 cm³/mol. The largest absolute Gasteiger partial charge is 0.491 e. The van der Waals surface area contributed by atoms with Crippen LogP contribution in [0, 0.1) is 6.92 Å². The summed E-state index contributed by atoms with van der Waals surface area (Å²) in [6.07, 6.45) is 0.842. The molecule has 0 bridgehead atoms. The molecule has 0 radical (unpaired) electrons. The lowest BCUT2D eigenvalue weighted by Gasteiger charge is -2.13. The molecular weight excluding hydrogens is 346 g/mol. The third-order valence-electron chi connectivity index (χ3n) is 3.91. The second-order valence-corrected chi connectivity index (χ2v) is 6.20. The maximum atomic E-state index is 12.2. The fourth-order valence-corrected chi connectivity index (χ4v) is 2.42. The number of amides is 1. The third-order valence-corrected chi connectivity index (χ3v) is 3.91. The number of ether oxygens (including phenoxy) is 1. The molecule has 27 heavy (non-hydrogen) atoms. The van der Waals surface area contributed by atoms with Crippen molar-refractivity contribution in [3.63, 3.8) is 0 Å².